The van der Waals surface area contributed by atoms with E-state index in [1.165, 1.54) is 11.6 Å². The summed E-state index contributed by atoms with van der Waals surface area (Å²) in [4.78, 5) is 66.3. The van der Waals surface area contributed by atoms with Gasteiger partial charge in [-0.3, -0.25) is 23.7 Å². The molecule has 0 spiro atoms. The number of hydrogen-bond donors (Lipinski definition) is 4. The van der Waals surface area contributed by atoms with E-state index in [0.717, 1.165) is 5.56 Å². The Labute approximate surface area is 276 Å². The summed E-state index contributed by atoms with van der Waals surface area (Å²) in [7, 11) is -3.42. The molecule has 0 aliphatic carbocycles. The maximum absolute atomic E-state index is 13.9. The van der Waals surface area contributed by atoms with Gasteiger partial charge in [0.25, 0.3) is 0 Å². The Morgan fingerprint density at radius 1 is 1.02 bits per heavy atom. The van der Waals surface area contributed by atoms with Crippen molar-refractivity contribution < 1.29 is 42.9 Å². The lowest BCUT2D eigenvalue weighted by atomic mass is 9.98. The third-order valence-electron chi connectivity index (χ3n) is 7.70. The van der Waals surface area contributed by atoms with E-state index in [1.54, 1.807) is 54.6 Å². The lowest BCUT2D eigenvalue weighted by Crippen LogP contribution is -2.59. The van der Waals surface area contributed by atoms with Gasteiger partial charge in [0, 0.05) is 24.9 Å². The van der Waals surface area contributed by atoms with Gasteiger partial charge in [0.2, 0.25) is 19.2 Å². The number of rotatable bonds is 16. The zero-order valence-electron chi connectivity index (χ0n) is 26.3. The fourth-order valence-electron chi connectivity index (χ4n) is 5.14. The van der Waals surface area contributed by atoms with Gasteiger partial charge in [-0.1, -0.05) is 53.7 Å². The van der Waals surface area contributed by atoms with Crippen molar-refractivity contribution in [2.24, 2.45) is 0 Å². The van der Waals surface area contributed by atoms with E-state index < -0.39 is 68.2 Å². The second-order valence-corrected chi connectivity index (χ2v) is 13.7. The molecule has 1 aliphatic rings. The highest BCUT2D eigenvalue weighted by atomic mass is 31.2. The highest BCUT2D eigenvalue weighted by molar-refractivity contribution is 7.66. The van der Waals surface area contributed by atoms with Crippen LogP contribution in [0.2, 0.25) is 0 Å². The number of nitrogens with one attached hydrogen (secondary N) is 3. The van der Waals surface area contributed by atoms with Gasteiger partial charge in [-0.05, 0) is 43.4 Å². The molecule has 1 aromatic heterocycles. The third-order valence-corrected chi connectivity index (χ3v) is 9.56. The predicted octanol–water partition coefficient (Wildman–Crippen LogP) is 1.59. The van der Waals surface area contributed by atoms with E-state index in [4.69, 9.17) is 9.26 Å². The number of aromatic amines is 1. The summed E-state index contributed by atoms with van der Waals surface area (Å²) in [5.41, 5.74) is 0.743. The van der Waals surface area contributed by atoms with Crippen LogP contribution in [0.5, 0.6) is 0 Å². The SMILES string of the molecule is CP(=O)(OCC(=O)[C@H](CC(=O)O)NC(=O)[C@@H]1CCCCN1C(=O)[C@H](CCc1nn[nH]n1)NC(=O)OCc1ccccc1)c1ccccc1. The van der Waals surface area contributed by atoms with Gasteiger partial charge in [-0.25, -0.2) is 4.79 Å². The van der Waals surface area contributed by atoms with Gasteiger partial charge in [-0.15, -0.1) is 10.2 Å². The fourth-order valence-corrected chi connectivity index (χ4v) is 6.38. The molecule has 3 amide bonds. The van der Waals surface area contributed by atoms with E-state index in [-0.39, 0.29) is 32.4 Å². The first-order valence-corrected chi connectivity index (χ1v) is 17.4. The summed E-state index contributed by atoms with van der Waals surface area (Å²) in [6.07, 6.45) is 0.00197. The summed E-state index contributed by atoms with van der Waals surface area (Å²) in [5.74, 6) is -3.16. The van der Waals surface area contributed by atoms with Crippen molar-refractivity contribution in [3.8, 4) is 0 Å². The number of nitrogens with zero attached hydrogens (tertiary/aromatic N) is 4. The smallest absolute Gasteiger partial charge is 0.408 e. The summed E-state index contributed by atoms with van der Waals surface area (Å²) in [6.45, 7) is 0.774. The number of piperidine rings is 1. The van der Waals surface area contributed by atoms with E-state index >= 15 is 0 Å². The molecule has 4 rings (SSSR count). The number of aryl methyl sites for hydroxylation is 1. The van der Waals surface area contributed by atoms with Crippen LogP contribution in [-0.2, 0) is 46.0 Å². The molecule has 2 heterocycles. The zero-order chi connectivity index (χ0) is 34.5. The van der Waals surface area contributed by atoms with Crippen LogP contribution in [0.1, 0.15) is 43.5 Å². The molecule has 1 fully saturated rings. The largest absolute Gasteiger partial charge is 0.481 e. The van der Waals surface area contributed by atoms with E-state index in [9.17, 15) is 33.6 Å². The number of aliphatic carboxylic acids is 1. The number of ketones is 1. The number of carbonyl (C=O) groups is 5. The number of ether oxygens (including phenoxy) is 1. The minimum absolute atomic E-state index is 0.0330. The molecule has 1 unspecified atom stereocenters. The Hall–Kier alpha value is -4.95. The normalized spacial score (nSPS) is 16.9. The molecule has 4 atom stereocenters. The van der Waals surface area contributed by atoms with E-state index in [1.807, 2.05) is 6.07 Å². The van der Waals surface area contributed by atoms with Crippen molar-refractivity contribution in [1.29, 1.82) is 0 Å². The van der Waals surface area contributed by atoms with E-state index in [0.29, 0.717) is 24.0 Å². The molecule has 3 aromatic rings. The van der Waals surface area contributed by atoms with Crippen LogP contribution in [0.15, 0.2) is 60.7 Å². The highest BCUT2D eigenvalue weighted by Gasteiger charge is 2.38. The second kappa shape index (κ2) is 17.3. The van der Waals surface area contributed by atoms with Crippen LogP contribution in [0.4, 0.5) is 4.79 Å². The Morgan fingerprint density at radius 2 is 1.73 bits per heavy atom. The lowest BCUT2D eigenvalue weighted by molar-refractivity contribution is -0.146. The number of carboxylic acids is 1. The van der Waals surface area contributed by atoms with Crippen LogP contribution < -0.4 is 15.9 Å². The average Bonchev–Trinajstić information content (AvgIpc) is 3.62. The van der Waals surface area contributed by atoms with Crippen LogP contribution >= 0.6 is 7.37 Å². The summed E-state index contributed by atoms with van der Waals surface area (Å²) < 4.78 is 23.8. The van der Waals surface area contributed by atoms with Crippen molar-refractivity contribution in [3.63, 3.8) is 0 Å². The van der Waals surface area contributed by atoms with Crippen LogP contribution in [0, 0.1) is 0 Å². The maximum atomic E-state index is 13.9. The zero-order valence-corrected chi connectivity index (χ0v) is 27.2. The van der Waals surface area contributed by atoms with Gasteiger partial charge in [0.05, 0.1) is 6.42 Å². The number of carboxylic acid groups (broad SMARTS) is 1. The Morgan fingerprint density at radius 3 is 2.40 bits per heavy atom. The number of tetrazole rings is 1. The fraction of sp³-hybridized carbons (Fsp3) is 0.419. The maximum Gasteiger partial charge on any atom is 0.408 e. The number of carbonyl (C=O) groups excluding carboxylic acids is 4. The van der Waals surface area contributed by atoms with Gasteiger partial charge in [-0.2, -0.15) is 5.21 Å². The molecule has 0 radical (unpaired) electrons. The number of benzene rings is 2. The summed E-state index contributed by atoms with van der Waals surface area (Å²) in [5, 5.41) is 28.5. The molecule has 16 nitrogen and oxygen atoms in total. The molecule has 0 bridgehead atoms. The summed E-state index contributed by atoms with van der Waals surface area (Å²) >= 11 is 0. The monoisotopic (exact) mass is 683 g/mol. The second-order valence-electron chi connectivity index (χ2n) is 11.2. The highest BCUT2D eigenvalue weighted by Crippen LogP contribution is 2.41. The van der Waals surface area contributed by atoms with Crippen LogP contribution in [0.3, 0.4) is 0 Å². The van der Waals surface area contributed by atoms with Crippen LogP contribution in [-0.4, -0.2) is 98.2 Å². The van der Waals surface area contributed by atoms with Crippen molar-refractivity contribution >= 4 is 42.3 Å². The predicted molar refractivity (Wildman–Crippen MR) is 170 cm³/mol. The summed E-state index contributed by atoms with van der Waals surface area (Å²) in [6, 6.07) is 13.5. The molecular formula is C31H38N7O9P. The van der Waals surface area contributed by atoms with E-state index in [2.05, 4.69) is 31.3 Å². The molecule has 0 saturated carbocycles. The lowest BCUT2D eigenvalue weighted by Gasteiger charge is -2.37. The third kappa shape index (κ3) is 10.5. The van der Waals surface area contributed by atoms with Crippen molar-refractivity contribution in [2.45, 2.75) is 63.3 Å². The number of aromatic nitrogens is 4. The number of H-pyrrole nitrogens is 1. The number of likely N-dealkylation sites (tertiary alicyclic amines) is 1. The van der Waals surface area contributed by atoms with Gasteiger partial charge < -0.3 is 29.9 Å². The molecule has 2 aromatic carbocycles. The Bertz CT molecular complexity index is 1590. The molecular weight excluding hydrogens is 645 g/mol. The molecule has 256 valence electrons. The molecule has 17 heteroatoms. The number of amides is 3. The van der Waals surface area contributed by atoms with Gasteiger partial charge in [0.1, 0.15) is 31.3 Å². The first kappa shape index (κ1) is 35.9. The number of Topliss-reactive ketones (excluding diaryl/α,β-unsaturated/α-hetero) is 1. The first-order chi connectivity index (χ1) is 23.0. The molecule has 4 N–H and O–H groups in total. The van der Waals surface area contributed by atoms with Crippen LogP contribution in [0.25, 0.3) is 0 Å². The van der Waals surface area contributed by atoms with Crippen molar-refractivity contribution in [3.05, 3.63) is 72.1 Å². The molecule has 48 heavy (non-hydrogen) atoms. The molecule has 1 saturated heterocycles. The minimum Gasteiger partial charge on any atom is -0.481 e. The molecule has 1 aliphatic heterocycles. The topological polar surface area (TPSA) is 223 Å². The minimum atomic E-state index is -3.42. The Balaban J connectivity index is 1.44. The quantitative estimate of drug-likeness (QED) is 0.158. The number of hydrogen-bond acceptors (Lipinski definition) is 11. The standard InChI is InChI=1S/C31H38N7O9P/c1-48(45,22-12-6-3-7-13-22)47-20-26(39)24(18-28(40)41)32-29(42)25-14-8-9-17-38(25)30(43)23(15-16-27-34-36-37-35-27)33-31(44)46-19-21-10-4-2-5-11-21/h2-7,10-13,23-25H,8-9,14-20H2,1H3,(H,32,42)(H,33,44)(H,40,41)(H,34,35,36,37)/t23-,24-,25-,48?/m0/s1. The van der Waals surface area contributed by atoms with Gasteiger partial charge in [0.15, 0.2) is 11.6 Å². The number of alkyl carbamates (subject to hydrolysis) is 1. The van der Waals surface area contributed by atoms with Gasteiger partial charge >= 0.3 is 12.1 Å². The average molecular weight is 684 g/mol. The van der Waals surface area contributed by atoms with Crippen molar-refractivity contribution in [1.82, 2.24) is 36.2 Å². The first-order valence-electron chi connectivity index (χ1n) is 15.4. The van der Waals surface area contributed by atoms with Crippen molar-refractivity contribution in [2.75, 3.05) is 19.8 Å². The Kier molecular flexibility index (Phi) is 12.9.